The average molecular weight is 191 g/mol. The highest BCUT2D eigenvalue weighted by atomic mass is 19.3. The lowest BCUT2D eigenvalue weighted by Crippen LogP contribution is -2.16. The van der Waals surface area contributed by atoms with E-state index in [1.165, 1.54) is 4.90 Å². The van der Waals surface area contributed by atoms with Gasteiger partial charge < -0.3 is 5.11 Å². The van der Waals surface area contributed by atoms with Crippen molar-refractivity contribution in [3.63, 3.8) is 0 Å². The minimum Gasteiger partial charge on any atom is -0.480 e. The third-order valence-corrected chi connectivity index (χ3v) is 2.68. The molecule has 13 heavy (non-hydrogen) atoms. The maximum Gasteiger partial charge on any atom is 0.322 e. The van der Waals surface area contributed by atoms with Gasteiger partial charge in [0.25, 0.3) is 6.43 Å². The van der Waals surface area contributed by atoms with Crippen molar-refractivity contribution in [2.75, 3.05) is 6.54 Å². The van der Waals surface area contributed by atoms with Crippen molar-refractivity contribution >= 4 is 5.97 Å². The van der Waals surface area contributed by atoms with Gasteiger partial charge >= 0.3 is 5.97 Å². The fraction of sp³-hybridized carbons (Fsp3) is 0.875. The van der Waals surface area contributed by atoms with Crippen LogP contribution in [0, 0.1) is 5.92 Å². The Kier molecular flexibility index (Phi) is 1.98. The van der Waals surface area contributed by atoms with Crippen LogP contribution in [0.15, 0.2) is 0 Å². The molecule has 74 valence electrons. The number of aliphatic carboxylic acids is 1. The number of hydrogen-bond acceptors (Lipinski definition) is 2. The van der Waals surface area contributed by atoms with Crippen LogP contribution in [0.25, 0.3) is 0 Å². The molecule has 0 bridgehead atoms. The van der Waals surface area contributed by atoms with Gasteiger partial charge in [-0.2, -0.15) is 0 Å². The number of carboxylic acids is 1. The first-order valence-corrected chi connectivity index (χ1v) is 4.38. The largest absolute Gasteiger partial charge is 0.480 e. The van der Waals surface area contributed by atoms with Gasteiger partial charge in [0.15, 0.2) is 0 Å². The predicted octanol–water partition coefficient (Wildman–Crippen LogP) is 0.799. The Labute approximate surface area is 74.3 Å². The minimum absolute atomic E-state index is 0.105. The van der Waals surface area contributed by atoms with Crippen molar-refractivity contribution < 1.29 is 18.7 Å². The number of carboxylic acid groups (broad SMARTS) is 1. The first-order chi connectivity index (χ1) is 6.11. The van der Waals surface area contributed by atoms with Gasteiger partial charge in [-0.05, 0) is 18.8 Å². The van der Waals surface area contributed by atoms with Gasteiger partial charge in [0.2, 0.25) is 0 Å². The molecule has 2 fully saturated rings. The molecule has 1 aliphatic heterocycles. The molecule has 3 nitrogen and oxygen atoms in total. The van der Waals surface area contributed by atoms with Crippen molar-refractivity contribution in [2.24, 2.45) is 5.92 Å². The zero-order valence-electron chi connectivity index (χ0n) is 6.99. The molecule has 0 radical (unpaired) electrons. The van der Waals surface area contributed by atoms with Crippen LogP contribution in [-0.2, 0) is 4.79 Å². The molecule has 1 aliphatic carbocycles. The van der Waals surface area contributed by atoms with Crippen molar-refractivity contribution in [2.45, 2.75) is 31.4 Å². The third-order valence-electron chi connectivity index (χ3n) is 2.68. The molecule has 1 saturated heterocycles. The van der Waals surface area contributed by atoms with E-state index in [-0.39, 0.29) is 6.04 Å². The quantitative estimate of drug-likeness (QED) is 0.668. The summed E-state index contributed by atoms with van der Waals surface area (Å²) in [6.07, 6.45) is -0.437. The number of carbonyl (C=O) groups is 1. The normalized spacial score (nSPS) is 37.9. The maximum atomic E-state index is 12.0. The van der Waals surface area contributed by atoms with E-state index in [4.69, 9.17) is 5.11 Å². The van der Waals surface area contributed by atoms with E-state index >= 15 is 0 Å². The summed E-state index contributed by atoms with van der Waals surface area (Å²) in [5, 5.41) is 8.70. The molecule has 0 aromatic heterocycles. The highest BCUT2D eigenvalue weighted by Gasteiger charge is 2.59. The SMILES string of the molecule is O=C(O)[C@H]1[C@@H](C2CC2)N1CC(F)F. The van der Waals surface area contributed by atoms with E-state index < -0.39 is 25.0 Å². The Morgan fingerprint density at radius 2 is 2.15 bits per heavy atom. The maximum absolute atomic E-state index is 12.0. The molecule has 1 saturated carbocycles. The summed E-state index contributed by atoms with van der Waals surface area (Å²) in [7, 11) is 0. The van der Waals surface area contributed by atoms with Gasteiger partial charge in [0.1, 0.15) is 6.04 Å². The van der Waals surface area contributed by atoms with Crippen LogP contribution in [0.3, 0.4) is 0 Å². The lowest BCUT2D eigenvalue weighted by atomic mass is 10.2. The second kappa shape index (κ2) is 2.90. The molecular weight excluding hydrogens is 180 g/mol. The molecule has 0 aromatic carbocycles. The van der Waals surface area contributed by atoms with Crippen molar-refractivity contribution in [3.05, 3.63) is 0 Å². The fourth-order valence-electron chi connectivity index (χ4n) is 1.95. The van der Waals surface area contributed by atoms with Crippen LogP contribution < -0.4 is 0 Å². The van der Waals surface area contributed by atoms with E-state index in [1.807, 2.05) is 0 Å². The van der Waals surface area contributed by atoms with Gasteiger partial charge in [-0.3, -0.25) is 9.69 Å². The smallest absolute Gasteiger partial charge is 0.322 e. The van der Waals surface area contributed by atoms with E-state index in [9.17, 15) is 13.6 Å². The van der Waals surface area contributed by atoms with E-state index in [2.05, 4.69) is 0 Å². The highest BCUT2D eigenvalue weighted by molar-refractivity contribution is 5.78. The molecule has 0 amide bonds. The van der Waals surface area contributed by atoms with Gasteiger partial charge in [0.05, 0.1) is 6.54 Å². The molecule has 1 unspecified atom stereocenters. The summed E-state index contributed by atoms with van der Waals surface area (Å²) >= 11 is 0. The van der Waals surface area contributed by atoms with Crippen LogP contribution in [-0.4, -0.2) is 41.0 Å². The highest BCUT2D eigenvalue weighted by Crippen LogP contribution is 2.46. The van der Waals surface area contributed by atoms with Gasteiger partial charge in [-0.1, -0.05) is 0 Å². The standard InChI is InChI=1S/C8H11F2NO2/c9-5(10)3-11-6(4-1-2-4)7(11)8(12)13/h4-7H,1-3H2,(H,12,13)/t6-,7-,11?/m1/s1. The van der Waals surface area contributed by atoms with Crippen molar-refractivity contribution in [1.82, 2.24) is 4.90 Å². The van der Waals surface area contributed by atoms with Gasteiger partial charge in [-0.15, -0.1) is 0 Å². The molecule has 0 spiro atoms. The summed E-state index contributed by atoms with van der Waals surface area (Å²) in [4.78, 5) is 12.0. The number of halogens is 2. The topological polar surface area (TPSA) is 40.3 Å². The fourth-order valence-corrected chi connectivity index (χ4v) is 1.95. The zero-order valence-corrected chi connectivity index (χ0v) is 6.99. The Balaban J connectivity index is 1.91. The zero-order chi connectivity index (χ0) is 9.59. The summed E-state index contributed by atoms with van der Waals surface area (Å²) in [5.74, 6) is -0.600. The molecule has 5 heteroatoms. The number of rotatable bonds is 4. The number of hydrogen-bond donors (Lipinski definition) is 1. The third kappa shape index (κ3) is 1.65. The van der Waals surface area contributed by atoms with Gasteiger partial charge in [0, 0.05) is 6.04 Å². The Morgan fingerprint density at radius 1 is 1.54 bits per heavy atom. The molecule has 2 rings (SSSR count). The Hall–Kier alpha value is -0.710. The van der Waals surface area contributed by atoms with E-state index in [1.54, 1.807) is 0 Å². The lowest BCUT2D eigenvalue weighted by molar-refractivity contribution is -0.137. The van der Waals surface area contributed by atoms with Crippen molar-refractivity contribution in [1.29, 1.82) is 0 Å². The minimum atomic E-state index is -2.43. The second-order valence-electron chi connectivity index (χ2n) is 3.70. The summed E-state index contributed by atoms with van der Waals surface area (Å²) in [6, 6.07) is -0.743. The van der Waals surface area contributed by atoms with Gasteiger partial charge in [-0.25, -0.2) is 8.78 Å². The summed E-state index contributed by atoms with van der Waals surface area (Å²) in [5.41, 5.74) is 0. The number of alkyl halides is 2. The summed E-state index contributed by atoms with van der Waals surface area (Å²) < 4.78 is 24.0. The van der Waals surface area contributed by atoms with E-state index in [0.717, 1.165) is 12.8 Å². The first-order valence-electron chi connectivity index (χ1n) is 4.38. The Bertz CT molecular complexity index is 230. The number of nitrogens with zero attached hydrogens (tertiary/aromatic N) is 1. The van der Waals surface area contributed by atoms with Crippen LogP contribution in [0.5, 0.6) is 0 Å². The average Bonchev–Trinajstić information content (AvgIpc) is 2.71. The monoisotopic (exact) mass is 191 g/mol. The van der Waals surface area contributed by atoms with Crippen LogP contribution in [0.1, 0.15) is 12.8 Å². The second-order valence-corrected chi connectivity index (χ2v) is 3.70. The molecule has 0 aromatic rings. The molecular formula is C8H11F2NO2. The van der Waals surface area contributed by atoms with Crippen molar-refractivity contribution in [3.8, 4) is 0 Å². The van der Waals surface area contributed by atoms with Crippen LogP contribution in [0.4, 0.5) is 8.78 Å². The predicted molar refractivity (Wildman–Crippen MR) is 40.6 cm³/mol. The molecule has 1 N–H and O–H groups in total. The molecule has 2 aliphatic rings. The van der Waals surface area contributed by atoms with Crippen LogP contribution >= 0.6 is 0 Å². The van der Waals surface area contributed by atoms with Crippen LogP contribution in [0.2, 0.25) is 0 Å². The molecule has 1 heterocycles. The molecule has 3 atom stereocenters. The summed E-state index contributed by atoms with van der Waals surface area (Å²) in [6.45, 7) is -0.391. The Morgan fingerprint density at radius 3 is 2.54 bits per heavy atom. The lowest BCUT2D eigenvalue weighted by Gasteiger charge is -2.00. The van der Waals surface area contributed by atoms with E-state index in [0.29, 0.717) is 5.92 Å². The first kappa shape index (κ1) is 8.87.